The lowest BCUT2D eigenvalue weighted by Gasteiger charge is -2.18. The van der Waals surface area contributed by atoms with Crippen LogP contribution in [0.3, 0.4) is 0 Å². The number of rotatable bonds is 3. The quantitative estimate of drug-likeness (QED) is 0.658. The first-order chi connectivity index (χ1) is 8.63. The van der Waals surface area contributed by atoms with Crippen molar-refractivity contribution >= 4 is 34.8 Å². The number of nitrogens with one attached hydrogen (secondary N) is 1. The summed E-state index contributed by atoms with van der Waals surface area (Å²) in [4.78, 5) is 0. The van der Waals surface area contributed by atoms with Crippen LogP contribution < -0.4 is 11.3 Å². The fraction of sp³-hybridized carbons (Fsp3) is 0.0769. The molecule has 2 nitrogen and oxygen atoms in total. The third kappa shape index (κ3) is 2.79. The van der Waals surface area contributed by atoms with Gasteiger partial charge in [0, 0.05) is 5.02 Å². The van der Waals surface area contributed by atoms with Gasteiger partial charge in [0.15, 0.2) is 0 Å². The van der Waals surface area contributed by atoms with Crippen LogP contribution in [0, 0.1) is 0 Å². The molecule has 2 aromatic rings. The van der Waals surface area contributed by atoms with Crippen molar-refractivity contribution in [2.45, 2.75) is 6.04 Å². The average Bonchev–Trinajstić information content (AvgIpc) is 2.37. The van der Waals surface area contributed by atoms with Crippen molar-refractivity contribution in [3.8, 4) is 0 Å². The monoisotopic (exact) mass is 300 g/mol. The summed E-state index contributed by atoms with van der Waals surface area (Å²) in [6.07, 6.45) is 0. The van der Waals surface area contributed by atoms with Crippen LogP contribution in [0.15, 0.2) is 42.5 Å². The van der Waals surface area contributed by atoms with Crippen LogP contribution in [0.2, 0.25) is 15.1 Å². The van der Waals surface area contributed by atoms with Crippen molar-refractivity contribution in [3.63, 3.8) is 0 Å². The zero-order chi connectivity index (χ0) is 13.1. The van der Waals surface area contributed by atoms with Gasteiger partial charge in [-0.05, 0) is 29.3 Å². The molecule has 5 heteroatoms. The Labute approximate surface area is 121 Å². The molecule has 18 heavy (non-hydrogen) atoms. The molecule has 2 rings (SSSR count). The summed E-state index contributed by atoms with van der Waals surface area (Å²) in [5.41, 5.74) is 4.53. The molecule has 0 bridgehead atoms. The maximum Gasteiger partial charge on any atom is 0.0725 e. The van der Waals surface area contributed by atoms with Crippen molar-refractivity contribution in [2.24, 2.45) is 5.84 Å². The maximum atomic E-state index is 6.19. The molecule has 1 unspecified atom stereocenters. The van der Waals surface area contributed by atoms with Crippen molar-refractivity contribution < 1.29 is 0 Å². The van der Waals surface area contributed by atoms with E-state index in [1.54, 1.807) is 18.2 Å². The molecule has 0 heterocycles. The van der Waals surface area contributed by atoms with E-state index in [0.717, 1.165) is 11.1 Å². The van der Waals surface area contributed by atoms with Crippen molar-refractivity contribution in [1.29, 1.82) is 0 Å². The summed E-state index contributed by atoms with van der Waals surface area (Å²) >= 11 is 18.1. The Kier molecular flexibility index (Phi) is 4.49. The number of hydrogen-bond donors (Lipinski definition) is 2. The third-order valence-corrected chi connectivity index (χ3v) is 3.75. The summed E-state index contributed by atoms with van der Waals surface area (Å²) in [6.45, 7) is 0. The van der Waals surface area contributed by atoms with E-state index < -0.39 is 0 Å². The molecule has 0 aromatic heterocycles. The lowest BCUT2D eigenvalue weighted by molar-refractivity contribution is 0.637. The molecule has 0 amide bonds. The summed E-state index contributed by atoms with van der Waals surface area (Å²) in [6, 6.07) is 12.6. The topological polar surface area (TPSA) is 38.0 Å². The minimum absolute atomic E-state index is 0.228. The normalized spacial score (nSPS) is 12.4. The van der Waals surface area contributed by atoms with Gasteiger partial charge in [0.05, 0.1) is 16.1 Å². The lowest BCUT2D eigenvalue weighted by Crippen LogP contribution is -2.29. The predicted molar refractivity (Wildman–Crippen MR) is 77.1 cm³/mol. The van der Waals surface area contributed by atoms with Crippen LogP contribution in [0.5, 0.6) is 0 Å². The van der Waals surface area contributed by atoms with Crippen molar-refractivity contribution in [2.75, 3.05) is 0 Å². The highest BCUT2D eigenvalue weighted by Crippen LogP contribution is 2.33. The third-order valence-electron chi connectivity index (χ3n) is 2.66. The molecule has 0 radical (unpaired) electrons. The zero-order valence-corrected chi connectivity index (χ0v) is 11.6. The van der Waals surface area contributed by atoms with E-state index in [1.165, 1.54) is 0 Å². The fourth-order valence-electron chi connectivity index (χ4n) is 1.76. The molecule has 0 aliphatic rings. The van der Waals surface area contributed by atoms with E-state index in [9.17, 15) is 0 Å². The molecule has 0 saturated carbocycles. The molecule has 1 atom stereocenters. The second kappa shape index (κ2) is 5.91. The number of benzene rings is 2. The van der Waals surface area contributed by atoms with Crippen molar-refractivity contribution in [3.05, 3.63) is 68.7 Å². The summed E-state index contributed by atoms with van der Waals surface area (Å²) in [7, 11) is 0. The van der Waals surface area contributed by atoms with Gasteiger partial charge in [-0.3, -0.25) is 5.84 Å². The smallest absolute Gasteiger partial charge is 0.0725 e. The first kappa shape index (κ1) is 13.7. The molecule has 0 aliphatic carbocycles. The van der Waals surface area contributed by atoms with Gasteiger partial charge in [-0.25, -0.2) is 5.43 Å². The van der Waals surface area contributed by atoms with Gasteiger partial charge >= 0.3 is 0 Å². The minimum Gasteiger partial charge on any atom is -0.271 e. The van der Waals surface area contributed by atoms with Gasteiger partial charge in [0.1, 0.15) is 0 Å². The highest BCUT2D eigenvalue weighted by atomic mass is 35.5. The van der Waals surface area contributed by atoms with Gasteiger partial charge in [-0.15, -0.1) is 0 Å². The van der Waals surface area contributed by atoms with E-state index in [2.05, 4.69) is 5.43 Å². The molecular weight excluding hydrogens is 291 g/mol. The average molecular weight is 302 g/mol. The molecular formula is C13H11Cl3N2. The fourth-order valence-corrected chi connectivity index (χ4v) is 2.31. The molecule has 3 N–H and O–H groups in total. The number of hydrogen-bond acceptors (Lipinski definition) is 2. The second-order valence-electron chi connectivity index (χ2n) is 3.79. The van der Waals surface area contributed by atoms with E-state index in [-0.39, 0.29) is 6.04 Å². The highest BCUT2D eigenvalue weighted by molar-refractivity contribution is 6.42. The SMILES string of the molecule is NNC(c1ccc(Cl)cc1)c1cccc(Cl)c1Cl. The molecule has 94 valence electrons. The van der Waals surface area contributed by atoms with E-state index in [4.69, 9.17) is 40.6 Å². The van der Waals surface area contributed by atoms with E-state index in [0.29, 0.717) is 15.1 Å². The Balaban J connectivity index is 2.45. The number of halogens is 3. The first-order valence-electron chi connectivity index (χ1n) is 5.29. The van der Waals surface area contributed by atoms with Crippen LogP contribution in [0.1, 0.15) is 17.2 Å². The zero-order valence-electron chi connectivity index (χ0n) is 9.33. The van der Waals surface area contributed by atoms with E-state index >= 15 is 0 Å². The lowest BCUT2D eigenvalue weighted by atomic mass is 9.99. The number of hydrazine groups is 1. The Morgan fingerprint density at radius 1 is 0.944 bits per heavy atom. The molecule has 0 aliphatic heterocycles. The molecule has 2 aromatic carbocycles. The number of nitrogens with two attached hydrogens (primary N) is 1. The van der Waals surface area contributed by atoms with Crippen LogP contribution in [-0.4, -0.2) is 0 Å². The molecule has 0 fully saturated rings. The van der Waals surface area contributed by atoms with Gasteiger partial charge in [0.2, 0.25) is 0 Å². The Morgan fingerprint density at radius 3 is 2.22 bits per heavy atom. The van der Waals surface area contributed by atoms with Crippen LogP contribution in [-0.2, 0) is 0 Å². The van der Waals surface area contributed by atoms with Crippen LogP contribution >= 0.6 is 34.8 Å². The Bertz CT molecular complexity index is 540. The highest BCUT2D eigenvalue weighted by Gasteiger charge is 2.16. The Morgan fingerprint density at radius 2 is 1.61 bits per heavy atom. The van der Waals surface area contributed by atoms with Gasteiger partial charge < -0.3 is 0 Å². The standard InChI is InChI=1S/C13H11Cl3N2/c14-9-6-4-8(5-7-9)13(18-17)10-2-1-3-11(15)12(10)16/h1-7,13,18H,17H2. The summed E-state index contributed by atoms with van der Waals surface area (Å²) in [5, 5.41) is 1.67. The van der Waals surface area contributed by atoms with Gasteiger partial charge in [-0.1, -0.05) is 59.1 Å². The minimum atomic E-state index is -0.228. The summed E-state index contributed by atoms with van der Waals surface area (Å²) in [5.74, 6) is 5.61. The second-order valence-corrected chi connectivity index (χ2v) is 5.02. The van der Waals surface area contributed by atoms with Crippen LogP contribution in [0.25, 0.3) is 0 Å². The Hall–Kier alpha value is -0.770. The van der Waals surface area contributed by atoms with E-state index in [1.807, 2.05) is 24.3 Å². The van der Waals surface area contributed by atoms with Crippen LogP contribution in [0.4, 0.5) is 0 Å². The van der Waals surface area contributed by atoms with Gasteiger partial charge in [-0.2, -0.15) is 0 Å². The van der Waals surface area contributed by atoms with Crippen molar-refractivity contribution in [1.82, 2.24) is 5.43 Å². The first-order valence-corrected chi connectivity index (χ1v) is 6.42. The molecule has 0 saturated heterocycles. The van der Waals surface area contributed by atoms with Gasteiger partial charge in [0.25, 0.3) is 0 Å². The summed E-state index contributed by atoms with van der Waals surface area (Å²) < 4.78 is 0. The maximum absolute atomic E-state index is 6.19. The largest absolute Gasteiger partial charge is 0.271 e. The predicted octanol–water partition coefficient (Wildman–Crippen LogP) is 4.20. The molecule has 0 spiro atoms.